The fraction of sp³-hybridized carbons (Fsp3) is 0.444. The summed E-state index contributed by atoms with van der Waals surface area (Å²) >= 11 is 0. The molecule has 3 N–H and O–H groups in total. The number of hydrogen-bond donors (Lipinski definition) is 2. The van der Waals surface area contributed by atoms with E-state index in [0.717, 1.165) is 16.8 Å². The fourth-order valence-corrected chi connectivity index (χ4v) is 3.87. The van der Waals surface area contributed by atoms with Crippen molar-refractivity contribution in [1.29, 1.82) is 0 Å². The first-order chi connectivity index (χ1) is 17.3. The predicted molar refractivity (Wildman–Crippen MR) is 140 cm³/mol. The molecule has 0 spiro atoms. The summed E-state index contributed by atoms with van der Waals surface area (Å²) < 4.78 is 18.8. The highest BCUT2D eigenvalue weighted by Crippen LogP contribution is 2.20. The quantitative estimate of drug-likeness (QED) is 0.453. The summed E-state index contributed by atoms with van der Waals surface area (Å²) in [6.45, 7) is 5.89. The Hall–Kier alpha value is -3.47. The van der Waals surface area contributed by atoms with E-state index >= 15 is 0 Å². The van der Waals surface area contributed by atoms with Crippen molar-refractivity contribution in [3.8, 4) is 0 Å². The zero-order valence-electron chi connectivity index (χ0n) is 20.7. The Balaban J connectivity index is 0.00000380. The molecule has 0 saturated carbocycles. The average Bonchev–Trinajstić information content (AvgIpc) is 3.32. The van der Waals surface area contributed by atoms with E-state index in [1.54, 1.807) is 24.9 Å². The molecule has 3 heterocycles. The highest BCUT2D eigenvalue weighted by Gasteiger charge is 2.28. The van der Waals surface area contributed by atoms with Crippen LogP contribution in [0.4, 0.5) is 4.79 Å². The number of nitrogens with one attached hydrogen (secondary N) is 1. The van der Waals surface area contributed by atoms with Gasteiger partial charge in [-0.1, -0.05) is 43.8 Å². The Morgan fingerprint density at radius 3 is 2.54 bits per heavy atom. The van der Waals surface area contributed by atoms with Crippen molar-refractivity contribution in [3.05, 3.63) is 71.8 Å². The monoisotopic (exact) mass is 511 g/mol. The lowest BCUT2D eigenvalue weighted by atomic mass is 10.1. The number of rotatable bonds is 9. The number of ether oxygens (including phenoxy) is 3. The van der Waals surface area contributed by atoms with Gasteiger partial charge in [0, 0.05) is 13.1 Å². The van der Waals surface area contributed by atoms with E-state index in [4.69, 9.17) is 19.9 Å². The van der Waals surface area contributed by atoms with Crippen LogP contribution in [-0.2, 0) is 32.2 Å². The zero-order chi connectivity index (χ0) is 25.5. The zero-order valence-corrected chi connectivity index (χ0v) is 20.7. The van der Waals surface area contributed by atoms with E-state index in [-0.39, 0.29) is 26.5 Å². The average molecular weight is 512 g/mol. The van der Waals surface area contributed by atoms with E-state index in [1.165, 1.54) is 0 Å². The van der Waals surface area contributed by atoms with Gasteiger partial charge in [-0.3, -0.25) is 9.20 Å². The molecule has 1 atom stereocenters. The standard InChI is InChI=1S/C26H33N5O5.CH4/c1-26(2,27)24(32)29-22(18-35-16-19-7-4-3-5-8-19)23-28-15-20-9-6-10-21(31(20)23)17-36-25(33)30-11-13-34-14-12-30;/h3-10,15,22H,11-14,16-18,27H2,1-2H3,(H,29,32);1H4/t22-;/m1./s1. The Labute approximate surface area is 217 Å². The lowest BCUT2D eigenvalue weighted by Gasteiger charge is -2.26. The van der Waals surface area contributed by atoms with Gasteiger partial charge in [0.2, 0.25) is 5.91 Å². The molecular formula is C27H37N5O5. The van der Waals surface area contributed by atoms with Gasteiger partial charge in [-0.2, -0.15) is 0 Å². The van der Waals surface area contributed by atoms with Crippen molar-refractivity contribution < 1.29 is 23.8 Å². The molecule has 10 heteroatoms. The summed E-state index contributed by atoms with van der Waals surface area (Å²) in [5.74, 6) is 0.234. The first-order valence-corrected chi connectivity index (χ1v) is 12.0. The molecule has 2 amide bonds. The summed E-state index contributed by atoms with van der Waals surface area (Å²) in [7, 11) is 0. The molecule has 0 radical (unpaired) electrons. The van der Waals surface area contributed by atoms with Crippen LogP contribution in [0.25, 0.3) is 5.52 Å². The second-order valence-corrected chi connectivity index (χ2v) is 9.30. The molecule has 0 aliphatic carbocycles. The number of aromatic nitrogens is 2. The fourth-order valence-electron chi connectivity index (χ4n) is 3.87. The van der Waals surface area contributed by atoms with Gasteiger partial charge >= 0.3 is 6.09 Å². The molecule has 0 bridgehead atoms. The maximum atomic E-state index is 12.8. The number of carbonyl (C=O) groups is 2. The van der Waals surface area contributed by atoms with Gasteiger partial charge in [-0.15, -0.1) is 0 Å². The van der Waals surface area contributed by atoms with E-state index in [2.05, 4.69) is 10.3 Å². The van der Waals surface area contributed by atoms with Gasteiger partial charge < -0.3 is 30.2 Å². The summed E-state index contributed by atoms with van der Waals surface area (Å²) in [6.07, 6.45) is 1.32. The second-order valence-electron chi connectivity index (χ2n) is 9.30. The number of pyridine rings is 1. The lowest BCUT2D eigenvalue weighted by Crippen LogP contribution is -2.51. The highest BCUT2D eigenvalue weighted by molar-refractivity contribution is 5.85. The molecule has 200 valence electrons. The summed E-state index contributed by atoms with van der Waals surface area (Å²) in [5, 5.41) is 2.98. The largest absolute Gasteiger partial charge is 0.443 e. The van der Waals surface area contributed by atoms with E-state index in [0.29, 0.717) is 38.7 Å². The maximum absolute atomic E-state index is 12.8. The van der Waals surface area contributed by atoms with Crippen LogP contribution in [0.2, 0.25) is 0 Å². The Morgan fingerprint density at radius 2 is 1.84 bits per heavy atom. The molecule has 37 heavy (non-hydrogen) atoms. The predicted octanol–water partition coefficient (Wildman–Crippen LogP) is 3.05. The molecule has 1 fully saturated rings. The number of morpholine rings is 1. The number of benzene rings is 1. The van der Waals surface area contributed by atoms with Crippen molar-refractivity contribution in [2.75, 3.05) is 32.9 Å². The molecule has 2 aromatic heterocycles. The van der Waals surface area contributed by atoms with Crippen molar-refractivity contribution in [1.82, 2.24) is 19.6 Å². The van der Waals surface area contributed by atoms with Crippen LogP contribution in [-0.4, -0.2) is 64.7 Å². The Bertz CT molecular complexity index is 1170. The van der Waals surface area contributed by atoms with Crippen LogP contribution in [0.1, 0.15) is 44.4 Å². The second kappa shape index (κ2) is 12.7. The third-order valence-electron chi connectivity index (χ3n) is 5.87. The number of imidazole rings is 1. The van der Waals surface area contributed by atoms with Crippen LogP contribution in [0.3, 0.4) is 0 Å². The van der Waals surface area contributed by atoms with Gasteiger partial charge in [0.25, 0.3) is 0 Å². The third-order valence-corrected chi connectivity index (χ3v) is 5.87. The molecular weight excluding hydrogens is 474 g/mol. The summed E-state index contributed by atoms with van der Waals surface area (Å²) in [4.78, 5) is 31.6. The number of nitrogens with zero attached hydrogens (tertiary/aromatic N) is 3. The van der Waals surface area contributed by atoms with Crippen LogP contribution >= 0.6 is 0 Å². The van der Waals surface area contributed by atoms with Gasteiger partial charge in [-0.05, 0) is 31.5 Å². The van der Waals surface area contributed by atoms with Crippen LogP contribution < -0.4 is 11.1 Å². The molecule has 0 unspecified atom stereocenters. The number of fused-ring (bicyclic) bond motifs is 1. The number of amides is 2. The van der Waals surface area contributed by atoms with Gasteiger partial charge in [0.05, 0.1) is 49.4 Å². The minimum atomic E-state index is -1.08. The number of carbonyl (C=O) groups excluding carboxylic acids is 2. The maximum Gasteiger partial charge on any atom is 0.410 e. The van der Waals surface area contributed by atoms with E-state index in [1.807, 2.05) is 52.9 Å². The van der Waals surface area contributed by atoms with Crippen molar-refractivity contribution >= 4 is 17.5 Å². The number of nitrogens with two attached hydrogens (primary N) is 1. The Kier molecular flexibility index (Phi) is 9.62. The lowest BCUT2D eigenvalue weighted by molar-refractivity contribution is -0.126. The van der Waals surface area contributed by atoms with Gasteiger partial charge in [0.15, 0.2) is 0 Å². The SMILES string of the molecule is C.CC(C)(N)C(=O)N[C@H](COCc1ccccc1)c1ncc2cccc(COC(=O)N3CCOCC3)n12. The van der Waals surface area contributed by atoms with Crippen molar-refractivity contribution in [3.63, 3.8) is 0 Å². The van der Waals surface area contributed by atoms with Crippen molar-refractivity contribution in [2.45, 2.75) is 46.1 Å². The topological polar surface area (TPSA) is 120 Å². The van der Waals surface area contributed by atoms with Gasteiger partial charge in [-0.25, -0.2) is 9.78 Å². The molecule has 3 aromatic rings. The van der Waals surface area contributed by atoms with Crippen LogP contribution in [0.15, 0.2) is 54.7 Å². The smallest absolute Gasteiger partial charge is 0.410 e. The molecule has 1 saturated heterocycles. The van der Waals surface area contributed by atoms with E-state index < -0.39 is 17.7 Å². The van der Waals surface area contributed by atoms with Crippen LogP contribution in [0.5, 0.6) is 0 Å². The van der Waals surface area contributed by atoms with E-state index in [9.17, 15) is 9.59 Å². The number of hydrogen-bond acceptors (Lipinski definition) is 7. The molecule has 1 aliphatic heterocycles. The summed E-state index contributed by atoms with van der Waals surface area (Å²) in [6, 6.07) is 14.8. The molecule has 10 nitrogen and oxygen atoms in total. The first kappa shape index (κ1) is 28.1. The first-order valence-electron chi connectivity index (χ1n) is 12.0. The van der Waals surface area contributed by atoms with Gasteiger partial charge in [0.1, 0.15) is 18.5 Å². The van der Waals surface area contributed by atoms with Crippen LogP contribution in [0, 0.1) is 0 Å². The minimum Gasteiger partial charge on any atom is -0.443 e. The minimum absolute atomic E-state index is 0. The summed E-state index contributed by atoms with van der Waals surface area (Å²) in [5.41, 5.74) is 7.50. The highest BCUT2D eigenvalue weighted by atomic mass is 16.6. The van der Waals surface area contributed by atoms with Crippen molar-refractivity contribution in [2.24, 2.45) is 5.73 Å². The molecule has 1 aromatic carbocycles. The third kappa shape index (κ3) is 7.28. The molecule has 1 aliphatic rings. The normalized spacial score (nSPS) is 14.6. The Morgan fingerprint density at radius 1 is 1.11 bits per heavy atom. The molecule has 4 rings (SSSR count).